The molecule has 2 rings (SSSR count). The van der Waals surface area contributed by atoms with Gasteiger partial charge in [-0.25, -0.2) is 0 Å². The first kappa shape index (κ1) is 15.3. The molecule has 0 radical (unpaired) electrons. The van der Waals surface area contributed by atoms with E-state index in [-0.39, 0.29) is 11.9 Å². The molecule has 1 aliphatic rings. The molecule has 1 heterocycles. The zero-order valence-electron chi connectivity index (χ0n) is 12.1. The third-order valence-corrected chi connectivity index (χ3v) is 4.17. The van der Waals surface area contributed by atoms with Crippen molar-refractivity contribution in [1.29, 1.82) is 0 Å². The number of hydrogen-bond donors (Lipinski definition) is 1. The average molecular weight is 296 g/mol. The van der Waals surface area contributed by atoms with Gasteiger partial charge in [0, 0.05) is 44.8 Å². The second-order valence-corrected chi connectivity index (χ2v) is 5.65. The second kappa shape index (κ2) is 7.07. The Morgan fingerprint density at radius 1 is 1.40 bits per heavy atom. The van der Waals surface area contributed by atoms with Gasteiger partial charge in [0.25, 0.3) is 0 Å². The van der Waals surface area contributed by atoms with Crippen LogP contribution in [0.5, 0.6) is 0 Å². The Morgan fingerprint density at radius 3 is 2.70 bits per heavy atom. The molecule has 1 fully saturated rings. The molecular formula is C15H22ClN3O. The van der Waals surface area contributed by atoms with E-state index >= 15 is 0 Å². The third kappa shape index (κ3) is 3.72. The van der Waals surface area contributed by atoms with Crippen LogP contribution in [-0.2, 0) is 11.3 Å². The highest BCUT2D eigenvalue weighted by atomic mass is 35.5. The van der Waals surface area contributed by atoms with Crippen LogP contribution in [0.4, 0.5) is 0 Å². The molecule has 0 saturated carbocycles. The maximum atomic E-state index is 12.5. The van der Waals surface area contributed by atoms with Crippen molar-refractivity contribution in [2.24, 2.45) is 0 Å². The molecule has 0 aliphatic carbocycles. The first-order valence-corrected chi connectivity index (χ1v) is 7.40. The number of rotatable bonds is 4. The van der Waals surface area contributed by atoms with E-state index in [4.69, 9.17) is 11.6 Å². The largest absolute Gasteiger partial charge is 0.340 e. The van der Waals surface area contributed by atoms with Crippen molar-refractivity contribution in [2.45, 2.75) is 19.5 Å². The second-order valence-electron chi connectivity index (χ2n) is 5.25. The van der Waals surface area contributed by atoms with E-state index in [0.29, 0.717) is 11.6 Å². The molecule has 1 aliphatic heterocycles. The van der Waals surface area contributed by atoms with Crippen LogP contribution >= 0.6 is 11.6 Å². The van der Waals surface area contributed by atoms with E-state index in [0.717, 1.165) is 31.7 Å². The topological polar surface area (TPSA) is 35.6 Å². The van der Waals surface area contributed by atoms with Crippen molar-refractivity contribution >= 4 is 17.5 Å². The summed E-state index contributed by atoms with van der Waals surface area (Å²) in [5, 5.41) is 4.01. The third-order valence-electron chi connectivity index (χ3n) is 3.80. The number of carbonyl (C=O) groups excluding carboxylic acids is 1. The molecule has 4 nitrogen and oxygen atoms in total. The minimum absolute atomic E-state index is 0.0791. The van der Waals surface area contributed by atoms with Gasteiger partial charge in [0.1, 0.15) is 0 Å². The number of benzene rings is 1. The Bertz CT molecular complexity index is 460. The van der Waals surface area contributed by atoms with Gasteiger partial charge >= 0.3 is 0 Å². The fraction of sp³-hybridized carbons (Fsp3) is 0.533. The lowest BCUT2D eigenvalue weighted by Gasteiger charge is -2.34. The van der Waals surface area contributed by atoms with Gasteiger partial charge in [-0.2, -0.15) is 0 Å². The van der Waals surface area contributed by atoms with Crippen LogP contribution in [0.3, 0.4) is 0 Å². The van der Waals surface area contributed by atoms with Gasteiger partial charge in [0.15, 0.2) is 0 Å². The number of carbonyl (C=O) groups is 1. The van der Waals surface area contributed by atoms with Crippen LogP contribution in [0.2, 0.25) is 5.02 Å². The Kier molecular flexibility index (Phi) is 5.40. The van der Waals surface area contributed by atoms with E-state index in [1.54, 1.807) is 4.90 Å². The number of nitrogens with zero attached hydrogens (tertiary/aromatic N) is 2. The van der Waals surface area contributed by atoms with Gasteiger partial charge in [-0.15, -0.1) is 0 Å². The maximum absolute atomic E-state index is 12.5. The Labute approximate surface area is 125 Å². The average Bonchev–Trinajstić information content (AvgIpc) is 2.49. The lowest BCUT2D eigenvalue weighted by molar-refractivity contribution is -0.135. The highest BCUT2D eigenvalue weighted by Gasteiger charge is 2.25. The number of nitrogens with one attached hydrogen (secondary N) is 1. The van der Waals surface area contributed by atoms with Gasteiger partial charge < -0.3 is 10.2 Å². The smallest absolute Gasteiger partial charge is 0.239 e. The molecule has 1 N–H and O–H groups in total. The molecular weight excluding hydrogens is 274 g/mol. The van der Waals surface area contributed by atoms with Crippen LogP contribution in [-0.4, -0.2) is 55.0 Å². The summed E-state index contributed by atoms with van der Waals surface area (Å²) in [4.78, 5) is 16.5. The summed E-state index contributed by atoms with van der Waals surface area (Å²) in [5.74, 6) is 0.145. The van der Waals surface area contributed by atoms with Gasteiger partial charge in [-0.1, -0.05) is 29.8 Å². The van der Waals surface area contributed by atoms with E-state index in [1.165, 1.54) is 0 Å². The van der Waals surface area contributed by atoms with E-state index in [9.17, 15) is 4.79 Å². The maximum Gasteiger partial charge on any atom is 0.239 e. The van der Waals surface area contributed by atoms with Crippen LogP contribution in [0.1, 0.15) is 12.5 Å². The molecule has 1 aromatic rings. The van der Waals surface area contributed by atoms with Crippen LogP contribution in [0.15, 0.2) is 24.3 Å². The quantitative estimate of drug-likeness (QED) is 0.916. The zero-order chi connectivity index (χ0) is 14.5. The monoisotopic (exact) mass is 295 g/mol. The summed E-state index contributed by atoms with van der Waals surface area (Å²) in [7, 11) is 1.84. The van der Waals surface area contributed by atoms with Crippen LogP contribution < -0.4 is 5.32 Å². The number of hydrogen-bond acceptors (Lipinski definition) is 3. The summed E-state index contributed by atoms with van der Waals surface area (Å²) < 4.78 is 0. The van der Waals surface area contributed by atoms with E-state index in [1.807, 2.05) is 38.2 Å². The van der Waals surface area contributed by atoms with E-state index in [2.05, 4.69) is 10.2 Å². The summed E-state index contributed by atoms with van der Waals surface area (Å²) in [6.07, 6.45) is 0. The Balaban J connectivity index is 1.96. The lowest BCUT2D eigenvalue weighted by Crippen LogP contribution is -2.52. The van der Waals surface area contributed by atoms with Gasteiger partial charge in [0.2, 0.25) is 5.91 Å². The minimum Gasteiger partial charge on any atom is -0.340 e. The van der Waals surface area contributed by atoms with Gasteiger partial charge in [-0.3, -0.25) is 9.69 Å². The standard InChI is InChI=1S/C15H22ClN3O/c1-12(19-9-7-17-8-10-19)15(20)18(2)11-13-5-3-4-6-14(13)16/h3-6,12,17H,7-11H2,1-2H3. The van der Waals surface area contributed by atoms with Crippen LogP contribution in [0, 0.1) is 0 Å². The SMILES string of the molecule is CC(C(=O)N(C)Cc1ccccc1Cl)N1CCNCC1. The van der Waals surface area contributed by atoms with Crippen molar-refractivity contribution < 1.29 is 4.79 Å². The molecule has 20 heavy (non-hydrogen) atoms. The predicted molar refractivity (Wildman–Crippen MR) is 81.8 cm³/mol. The molecule has 110 valence electrons. The van der Waals surface area contributed by atoms with Gasteiger partial charge in [0.05, 0.1) is 6.04 Å². The normalized spacial score (nSPS) is 17.8. The predicted octanol–water partition coefficient (Wildman–Crippen LogP) is 1.59. The molecule has 0 aromatic heterocycles. The highest BCUT2D eigenvalue weighted by Crippen LogP contribution is 2.17. The first-order valence-electron chi connectivity index (χ1n) is 7.02. The Hall–Kier alpha value is -1.10. The van der Waals surface area contributed by atoms with Crippen molar-refractivity contribution in [3.05, 3.63) is 34.9 Å². The van der Waals surface area contributed by atoms with Crippen molar-refractivity contribution in [3.63, 3.8) is 0 Å². The number of piperazine rings is 1. The molecule has 1 unspecified atom stereocenters. The number of likely N-dealkylation sites (N-methyl/N-ethyl adjacent to an activating group) is 1. The minimum atomic E-state index is -0.0791. The number of halogens is 1. The number of amides is 1. The summed E-state index contributed by atoms with van der Waals surface area (Å²) in [5.41, 5.74) is 0.984. The highest BCUT2D eigenvalue weighted by molar-refractivity contribution is 6.31. The summed E-state index contributed by atoms with van der Waals surface area (Å²) >= 11 is 6.14. The van der Waals surface area contributed by atoms with Gasteiger partial charge in [-0.05, 0) is 18.6 Å². The molecule has 0 spiro atoms. The van der Waals surface area contributed by atoms with Crippen molar-refractivity contribution in [2.75, 3.05) is 33.2 Å². The fourth-order valence-corrected chi connectivity index (χ4v) is 2.70. The first-order chi connectivity index (χ1) is 9.59. The molecule has 5 heteroatoms. The molecule has 1 saturated heterocycles. The van der Waals surface area contributed by atoms with Crippen molar-refractivity contribution in [3.8, 4) is 0 Å². The summed E-state index contributed by atoms with van der Waals surface area (Å²) in [6.45, 7) is 6.28. The van der Waals surface area contributed by atoms with E-state index < -0.39 is 0 Å². The lowest BCUT2D eigenvalue weighted by atomic mass is 10.2. The fourth-order valence-electron chi connectivity index (χ4n) is 2.50. The molecule has 1 amide bonds. The Morgan fingerprint density at radius 2 is 2.05 bits per heavy atom. The summed E-state index contributed by atoms with van der Waals surface area (Å²) in [6, 6.07) is 7.58. The molecule has 1 aromatic carbocycles. The molecule has 0 bridgehead atoms. The van der Waals surface area contributed by atoms with Crippen LogP contribution in [0.25, 0.3) is 0 Å². The van der Waals surface area contributed by atoms with Crippen molar-refractivity contribution in [1.82, 2.24) is 15.1 Å². The molecule has 1 atom stereocenters. The zero-order valence-corrected chi connectivity index (χ0v) is 12.9.